The number of alkyl halides is 3. The minimum atomic E-state index is -5.04. The number of amides is 1. The van der Waals surface area contributed by atoms with Crippen LogP contribution in [0.15, 0.2) is 11.6 Å². The van der Waals surface area contributed by atoms with Gasteiger partial charge in [0.1, 0.15) is 6.61 Å². The highest BCUT2D eigenvalue weighted by Gasteiger charge is 2.44. The summed E-state index contributed by atoms with van der Waals surface area (Å²) in [4.78, 5) is 23.5. The van der Waals surface area contributed by atoms with Crippen LogP contribution in [0.5, 0.6) is 0 Å². The molecule has 7 nitrogen and oxygen atoms in total. The Morgan fingerprint density at radius 1 is 1.29 bits per heavy atom. The van der Waals surface area contributed by atoms with Crippen LogP contribution in [-0.2, 0) is 23.8 Å². The Hall–Kier alpha value is -1.36. The van der Waals surface area contributed by atoms with Crippen molar-refractivity contribution in [1.82, 2.24) is 5.32 Å². The number of carbonyl (C=O) groups is 2. The van der Waals surface area contributed by atoms with Gasteiger partial charge in [0.15, 0.2) is 0 Å². The molecule has 0 spiro atoms. The molecule has 0 aromatic heterocycles. The Labute approximate surface area is 168 Å². The molecule has 0 bridgehead atoms. The normalized spacial score (nSPS) is 22.3. The van der Waals surface area contributed by atoms with Crippen molar-refractivity contribution in [2.24, 2.45) is 5.73 Å². The first kappa shape index (κ1) is 26.6. The summed E-state index contributed by atoms with van der Waals surface area (Å²) in [5.74, 6) is -2.73. The maximum atomic E-state index is 12.6. The van der Waals surface area contributed by atoms with Crippen LogP contribution in [0.4, 0.5) is 13.2 Å². The summed E-state index contributed by atoms with van der Waals surface area (Å²) in [7, 11) is 1.46. The van der Waals surface area contributed by atoms with Crippen LogP contribution >= 0.6 is 12.4 Å². The predicted molar refractivity (Wildman–Crippen MR) is 98.0 cm³/mol. The van der Waals surface area contributed by atoms with Gasteiger partial charge >= 0.3 is 18.1 Å². The lowest BCUT2D eigenvalue weighted by atomic mass is 9.88. The molecule has 0 aromatic rings. The number of esters is 1. The SMILES string of the molecule is CCC(CC)O[C@@H]1C=C(C(=O)OCCOC)C[C@H](N)[C@H]1NC(=O)C(F)(F)F.Cl. The van der Waals surface area contributed by atoms with Crippen LogP contribution in [0.3, 0.4) is 0 Å². The van der Waals surface area contributed by atoms with E-state index in [4.69, 9.17) is 19.9 Å². The lowest BCUT2D eigenvalue weighted by molar-refractivity contribution is -0.175. The van der Waals surface area contributed by atoms with E-state index in [1.54, 1.807) is 0 Å². The van der Waals surface area contributed by atoms with Crippen molar-refractivity contribution in [3.05, 3.63) is 11.6 Å². The molecule has 0 radical (unpaired) electrons. The number of rotatable bonds is 9. The summed E-state index contributed by atoms with van der Waals surface area (Å²) in [6.45, 7) is 3.98. The highest BCUT2D eigenvalue weighted by Crippen LogP contribution is 2.25. The van der Waals surface area contributed by atoms with Gasteiger partial charge in [0, 0.05) is 18.7 Å². The van der Waals surface area contributed by atoms with E-state index in [1.807, 2.05) is 19.2 Å². The van der Waals surface area contributed by atoms with E-state index >= 15 is 0 Å². The van der Waals surface area contributed by atoms with Crippen LogP contribution in [0.25, 0.3) is 0 Å². The average Bonchev–Trinajstić information content (AvgIpc) is 2.60. The lowest BCUT2D eigenvalue weighted by Gasteiger charge is -2.36. The van der Waals surface area contributed by atoms with Crippen molar-refractivity contribution >= 4 is 24.3 Å². The molecule has 0 heterocycles. The number of halogens is 4. The number of nitrogens with two attached hydrogens (primary N) is 1. The summed E-state index contributed by atoms with van der Waals surface area (Å²) in [5, 5.41) is 1.89. The molecule has 0 aliphatic heterocycles. The standard InChI is InChI=1S/C17H27F3N2O5.ClH/c1-4-11(5-2)27-13-9-10(15(23)26-7-6-25-3)8-12(21)14(13)22-16(24)17(18,19)20;/h9,11-14H,4-8,21H2,1-3H3,(H,22,24);1H/t12-,13+,14+;/m0./s1. The molecule has 0 aromatic carbocycles. The largest absolute Gasteiger partial charge is 0.471 e. The molecule has 1 amide bonds. The number of nitrogens with one attached hydrogen (secondary N) is 1. The molecule has 0 saturated heterocycles. The van der Waals surface area contributed by atoms with Crippen LogP contribution in [0, 0.1) is 0 Å². The second-order valence-electron chi connectivity index (χ2n) is 6.22. The van der Waals surface area contributed by atoms with Gasteiger partial charge in [0.25, 0.3) is 0 Å². The van der Waals surface area contributed by atoms with Crippen LogP contribution in [0.1, 0.15) is 33.1 Å². The average molecular weight is 433 g/mol. The topological polar surface area (TPSA) is 99.9 Å². The summed E-state index contributed by atoms with van der Waals surface area (Å²) >= 11 is 0. The van der Waals surface area contributed by atoms with Crippen LogP contribution in [-0.4, -0.2) is 62.7 Å². The lowest BCUT2D eigenvalue weighted by Crippen LogP contribution is -2.59. The zero-order valence-electron chi connectivity index (χ0n) is 16.1. The molecule has 11 heteroatoms. The second kappa shape index (κ2) is 12.3. The van der Waals surface area contributed by atoms with E-state index in [1.165, 1.54) is 13.2 Å². The number of hydrogen-bond donors (Lipinski definition) is 2. The zero-order valence-corrected chi connectivity index (χ0v) is 16.9. The summed E-state index contributed by atoms with van der Waals surface area (Å²) in [6, 6.07) is -2.05. The van der Waals surface area contributed by atoms with Crippen LogP contribution in [0.2, 0.25) is 0 Å². The van der Waals surface area contributed by atoms with Crippen molar-refractivity contribution in [1.29, 1.82) is 0 Å². The molecular formula is C17H28ClF3N2O5. The molecule has 3 atom stereocenters. The van der Waals surface area contributed by atoms with Gasteiger partial charge in [-0.05, 0) is 25.3 Å². The first-order valence-corrected chi connectivity index (χ1v) is 8.79. The van der Waals surface area contributed by atoms with Crippen molar-refractivity contribution in [2.75, 3.05) is 20.3 Å². The number of hydrogen-bond acceptors (Lipinski definition) is 6. The fraction of sp³-hybridized carbons (Fsp3) is 0.765. The van der Waals surface area contributed by atoms with Crippen molar-refractivity contribution in [3.63, 3.8) is 0 Å². The van der Waals surface area contributed by atoms with E-state index in [-0.39, 0.29) is 43.7 Å². The van der Waals surface area contributed by atoms with Gasteiger partial charge in [-0.1, -0.05) is 13.8 Å². The Balaban J connectivity index is 0.00000729. The van der Waals surface area contributed by atoms with E-state index in [0.717, 1.165) is 0 Å². The zero-order chi connectivity index (χ0) is 20.6. The van der Waals surface area contributed by atoms with Crippen molar-refractivity contribution < 1.29 is 37.0 Å². The molecule has 0 unspecified atom stereocenters. The smallest absolute Gasteiger partial charge is 0.460 e. The molecule has 0 fully saturated rings. The Morgan fingerprint density at radius 3 is 2.39 bits per heavy atom. The van der Waals surface area contributed by atoms with Crippen molar-refractivity contribution in [2.45, 2.75) is 63.6 Å². The van der Waals surface area contributed by atoms with E-state index < -0.39 is 36.2 Å². The first-order valence-electron chi connectivity index (χ1n) is 8.79. The molecule has 1 aliphatic rings. The molecule has 28 heavy (non-hydrogen) atoms. The van der Waals surface area contributed by atoms with Gasteiger partial charge in [0.2, 0.25) is 0 Å². The van der Waals surface area contributed by atoms with Gasteiger partial charge in [0.05, 0.1) is 24.9 Å². The van der Waals surface area contributed by atoms with E-state index in [2.05, 4.69) is 0 Å². The minimum Gasteiger partial charge on any atom is -0.460 e. The highest BCUT2D eigenvalue weighted by atomic mass is 35.5. The molecule has 1 aliphatic carbocycles. The minimum absolute atomic E-state index is 0. The first-order chi connectivity index (χ1) is 12.6. The van der Waals surface area contributed by atoms with Gasteiger partial charge < -0.3 is 25.3 Å². The fourth-order valence-electron chi connectivity index (χ4n) is 2.71. The van der Waals surface area contributed by atoms with Gasteiger partial charge in [-0.25, -0.2) is 4.79 Å². The monoisotopic (exact) mass is 432 g/mol. The summed E-state index contributed by atoms with van der Waals surface area (Å²) in [6.07, 6.45) is -3.70. The predicted octanol–water partition coefficient (Wildman–Crippen LogP) is 1.88. The third kappa shape index (κ3) is 7.94. The van der Waals surface area contributed by atoms with Gasteiger partial charge in [-0.3, -0.25) is 4.79 Å². The Kier molecular flexibility index (Phi) is 11.7. The third-order valence-corrected chi connectivity index (χ3v) is 4.23. The highest BCUT2D eigenvalue weighted by molar-refractivity contribution is 5.89. The molecule has 1 rings (SSSR count). The summed E-state index contributed by atoms with van der Waals surface area (Å²) in [5.41, 5.74) is 6.17. The fourth-order valence-corrected chi connectivity index (χ4v) is 2.71. The van der Waals surface area contributed by atoms with Gasteiger partial charge in [-0.15, -0.1) is 12.4 Å². The van der Waals surface area contributed by atoms with Crippen LogP contribution < -0.4 is 11.1 Å². The molecule has 3 N–H and O–H groups in total. The third-order valence-electron chi connectivity index (χ3n) is 4.23. The maximum Gasteiger partial charge on any atom is 0.471 e. The molecule has 0 saturated carbocycles. The Morgan fingerprint density at radius 2 is 1.89 bits per heavy atom. The Bertz CT molecular complexity index is 541. The van der Waals surface area contributed by atoms with E-state index in [0.29, 0.717) is 12.8 Å². The molecule has 164 valence electrons. The van der Waals surface area contributed by atoms with Crippen molar-refractivity contribution in [3.8, 4) is 0 Å². The van der Waals surface area contributed by atoms with E-state index in [9.17, 15) is 22.8 Å². The molecular weight excluding hydrogens is 405 g/mol. The quantitative estimate of drug-likeness (QED) is 0.426. The number of carbonyl (C=O) groups excluding carboxylic acids is 2. The summed E-state index contributed by atoms with van der Waals surface area (Å²) < 4.78 is 53.6. The second-order valence-corrected chi connectivity index (χ2v) is 6.22. The number of ether oxygens (including phenoxy) is 3. The van der Waals surface area contributed by atoms with Gasteiger partial charge in [-0.2, -0.15) is 13.2 Å². The number of methoxy groups -OCH3 is 1. The maximum absolute atomic E-state index is 12.6.